The summed E-state index contributed by atoms with van der Waals surface area (Å²) < 4.78 is 0. The van der Waals surface area contributed by atoms with Gasteiger partial charge in [-0.2, -0.15) is 0 Å². The largest absolute Gasteiger partial charge is 0.324 e. The average Bonchev–Trinajstić information content (AvgIpc) is 3.09. The zero-order valence-electron chi connectivity index (χ0n) is 15.3. The monoisotopic (exact) mass is 422 g/mol. The molecule has 2 amide bonds. The molecule has 142 valence electrons. The van der Waals surface area contributed by atoms with Crippen molar-refractivity contribution < 1.29 is 9.59 Å². The highest BCUT2D eigenvalue weighted by atomic mass is 35.5. The molecule has 0 radical (unpaired) electrons. The molecule has 1 saturated heterocycles. The summed E-state index contributed by atoms with van der Waals surface area (Å²) in [4.78, 5) is 27.4. The van der Waals surface area contributed by atoms with Crippen LogP contribution in [-0.2, 0) is 4.79 Å². The highest BCUT2D eigenvalue weighted by Crippen LogP contribution is 2.29. The second kappa shape index (κ2) is 8.13. The second-order valence-corrected chi connectivity index (χ2v) is 8.50. The van der Waals surface area contributed by atoms with Crippen LogP contribution in [0.5, 0.6) is 0 Å². The zero-order valence-corrected chi connectivity index (χ0v) is 17.6. The molecule has 1 atom stereocenters. The maximum Gasteiger partial charge on any atom is 0.255 e. The summed E-state index contributed by atoms with van der Waals surface area (Å²) in [5, 5.41) is 3.72. The highest BCUT2D eigenvalue weighted by molar-refractivity contribution is 7.99. The molecule has 0 aromatic heterocycles. The summed E-state index contributed by atoms with van der Waals surface area (Å²) >= 11 is 13.5. The van der Waals surface area contributed by atoms with E-state index in [1.54, 1.807) is 34.9 Å². The third-order valence-electron chi connectivity index (χ3n) is 4.54. The predicted octanol–water partition coefficient (Wildman–Crippen LogP) is 5.07. The van der Waals surface area contributed by atoms with E-state index in [1.165, 1.54) is 0 Å². The molecule has 1 heterocycles. The molecule has 0 bridgehead atoms. The number of anilines is 1. The first-order chi connectivity index (χ1) is 12.8. The van der Waals surface area contributed by atoms with E-state index in [9.17, 15) is 9.59 Å². The van der Waals surface area contributed by atoms with Crippen LogP contribution in [0.15, 0.2) is 30.3 Å². The summed E-state index contributed by atoms with van der Waals surface area (Å²) in [6.07, 6.45) is 0. The average molecular weight is 423 g/mol. The topological polar surface area (TPSA) is 49.4 Å². The summed E-state index contributed by atoms with van der Waals surface area (Å²) in [6.45, 7) is 5.96. The quantitative estimate of drug-likeness (QED) is 0.750. The van der Waals surface area contributed by atoms with E-state index in [1.807, 2.05) is 32.9 Å². The van der Waals surface area contributed by atoms with E-state index >= 15 is 0 Å². The molecule has 0 aliphatic carbocycles. The van der Waals surface area contributed by atoms with E-state index < -0.39 is 6.04 Å². The number of hydrogen-bond acceptors (Lipinski definition) is 3. The maximum absolute atomic E-state index is 12.9. The van der Waals surface area contributed by atoms with Gasteiger partial charge in [0.05, 0.1) is 15.9 Å². The van der Waals surface area contributed by atoms with Crippen molar-refractivity contribution in [3.63, 3.8) is 0 Å². The Morgan fingerprint density at radius 1 is 1.07 bits per heavy atom. The number of amides is 2. The number of carbonyl (C=O) groups excluding carboxylic acids is 2. The van der Waals surface area contributed by atoms with Crippen molar-refractivity contribution in [2.75, 3.05) is 16.9 Å². The number of thioether (sulfide) groups is 1. The van der Waals surface area contributed by atoms with E-state index in [0.717, 1.165) is 22.4 Å². The van der Waals surface area contributed by atoms with E-state index in [0.29, 0.717) is 27.2 Å². The van der Waals surface area contributed by atoms with Crippen molar-refractivity contribution in [1.82, 2.24) is 4.90 Å². The van der Waals surface area contributed by atoms with Crippen LogP contribution in [-0.4, -0.2) is 34.4 Å². The Bertz CT molecular complexity index is 894. The standard InChI is InChI=1S/C20H20Cl2N2O2S/c1-11-6-12(2)18(13(3)7-11)23-19(25)17-9-27-10-24(17)20(26)14-4-5-15(21)16(22)8-14/h4-8,17H,9-10H2,1-3H3,(H,23,25). The van der Waals surface area contributed by atoms with Gasteiger partial charge < -0.3 is 10.2 Å². The Morgan fingerprint density at radius 3 is 2.37 bits per heavy atom. The molecule has 1 unspecified atom stereocenters. The van der Waals surface area contributed by atoms with Gasteiger partial charge in [-0.15, -0.1) is 11.8 Å². The van der Waals surface area contributed by atoms with Crippen molar-refractivity contribution in [2.45, 2.75) is 26.8 Å². The van der Waals surface area contributed by atoms with Crippen molar-refractivity contribution in [3.8, 4) is 0 Å². The maximum atomic E-state index is 12.9. The van der Waals surface area contributed by atoms with E-state index in [4.69, 9.17) is 23.2 Å². The van der Waals surface area contributed by atoms with Crippen molar-refractivity contribution in [2.24, 2.45) is 0 Å². The Hall–Kier alpha value is -1.69. The fourth-order valence-corrected chi connectivity index (χ4v) is 4.69. The first-order valence-corrected chi connectivity index (χ1v) is 10.4. The lowest BCUT2D eigenvalue weighted by Crippen LogP contribution is -2.44. The molecule has 7 heteroatoms. The van der Waals surface area contributed by atoms with E-state index in [-0.39, 0.29) is 11.8 Å². The number of rotatable bonds is 3. The molecule has 4 nitrogen and oxygen atoms in total. The van der Waals surface area contributed by atoms with Crippen LogP contribution in [0.4, 0.5) is 5.69 Å². The van der Waals surface area contributed by atoms with Crippen LogP contribution in [0.2, 0.25) is 10.0 Å². The summed E-state index contributed by atoms with van der Waals surface area (Å²) in [6, 6.07) is 8.29. The fourth-order valence-electron chi connectivity index (χ4n) is 3.24. The van der Waals surface area contributed by atoms with Gasteiger partial charge >= 0.3 is 0 Å². The summed E-state index contributed by atoms with van der Waals surface area (Å²) in [5.74, 6) is 0.617. The Labute approximate surface area is 173 Å². The molecule has 27 heavy (non-hydrogen) atoms. The zero-order chi connectivity index (χ0) is 19.7. The van der Waals surface area contributed by atoms with Gasteiger partial charge in [-0.25, -0.2) is 0 Å². The first-order valence-electron chi connectivity index (χ1n) is 8.50. The fraction of sp³-hybridized carbons (Fsp3) is 0.300. The van der Waals surface area contributed by atoms with Gasteiger partial charge in [0, 0.05) is 17.0 Å². The molecule has 1 aliphatic heterocycles. The van der Waals surface area contributed by atoms with Crippen LogP contribution in [0.25, 0.3) is 0 Å². The molecule has 3 rings (SSSR count). The van der Waals surface area contributed by atoms with Gasteiger partial charge in [-0.3, -0.25) is 9.59 Å². The second-order valence-electron chi connectivity index (χ2n) is 6.68. The molecule has 1 N–H and O–H groups in total. The number of nitrogens with one attached hydrogen (secondary N) is 1. The minimum atomic E-state index is -0.531. The number of hydrogen-bond donors (Lipinski definition) is 1. The third kappa shape index (κ3) is 4.26. The lowest BCUT2D eigenvalue weighted by Gasteiger charge is -2.24. The Morgan fingerprint density at radius 2 is 1.74 bits per heavy atom. The van der Waals surface area contributed by atoms with Gasteiger partial charge in [0.1, 0.15) is 6.04 Å². The number of nitrogens with zero attached hydrogens (tertiary/aromatic N) is 1. The number of benzene rings is 2. The van der Waals surface area contributed by atoms with Crippen LogP contribution < -0.4 is 5.32 Å². The lowest BCUT2D eigenvalue weighted by atomic mass is 10.0. The third-order valence-corrected chi connectivity index (χ3v) is 6.29. The molecule has 1 fully saturated rings. The van der Waals surface area contributed by atoms with Crippen molar-refractivity contribution in [3.05, 3.63) is 62.6 Å². The van der Waals surface area contributed by atoms with Gasteiger partial charge in [-0.1, -0.05) is 40.9 Å². The predicted molar refractivity (Wildman–Crippen MR) is 113 cm³/mol. The highest BCUT2D eigenvalue weighted by Gasteiger charge is 2.35. The number of carbonyl (C=O) groups is 2. The first kappa shape index (κ1) is 20.1. The normalized spacial score (nSPS) is 16.5. The van der Waals surface area contributed by atoms with Gasteiger partial charge in [0.25, 0.3) is 5.91 Å². The SMILES string of the molecule is Cc1cc(C)c(NC(=O)C2CSCN2C(=O)c2ccc(Cl)c(Cl)c2)c(C)c1. The minimum absolute atomic E-state index is 0.177. The summed E-state index contributed by atoms with van der Waals surface area (Å²) in [5.41, 5.74) is 4.40. The van der Waals surface area contributed by atoms with Gasteiger partial charge in [0.15, 0.2) is 0 Å². The number of aryl methyl sites for hydroxylation is 3. The van der Waals surface area contributed by atoms with Crippen LogP contribution >= 0.6 is 35.0 Å². The van der Waals surface area contributed by atoms with Gasteiger partial charge in [-0.05, 0) is 50.1 Å². The van der Waals surface area contributed by atoms with Crippen LogP contribution in [0.1, 0.15) is 27.0 Å². The Kier molecular flexibility index (Phi) is 6.04. The molecule has 1 aliphatic rings. The minimum Gasteiger partial charge on any atom is -0.324 e. The van der Waals surface area contributed by atoms with Crippen LogP contribution in [0.3, 0.4) is 0 Å². The molecule has 0 saturated carbocycles. The lowest BCUT2D eigenvalue weighted by molar-refractivity contribution is -0.119. The molecular formula is C20H20Cl2N2O2S. The molecule has 2 aromatic carbocycles. The smallest absolute Gasteiger partial charge is 0.255 e. The number of halogens is 2. The molecule has 0 spiro atoms. The summed E-state index contributed by atoms with van der Waals surface area (Å²) in [7, 11) is 0. The van der Waals surface area contributed by atoms with Crippen molar-refractivity contribution >= 4 is 52.5 Å². The molecular weight excluding hydrogens is 403 g/mol. The van der Waals surface area contributed by atoms with E-state index in [2.05, 4.69) is 5.32 Å². The van der Waals surface area contributed by atoms with Crippen molar-refractivity contribution in [1.29, 1.82) is 0 Å². The molecule has 2 aromatic rings. The van der Waals surface area contributed by atoms with Gasteiger partial charge in [0.2, 0.25) is 5.91 Å². The van der Waals surface area contributed by atoms with Crippen LogP contribution in [0, 0.1) is 20.8 Å². The Balaban J connectivity index is 1.80.